The number of hydrogen-bond acceptors (Lipinski definition) is 3. The zero-order valence-electron chi connectivity index (χ0n) is 14.1. The first-order valence-corrected chi connectivity index (χ1v) is 8.15. The average molecular weight is 326 g/mol. The lowest BCUT2D eigenvalue weighted by Gasteiger charge is -2.16. The highest BCUT2D eigenvalue weighted by Crippen LogP contribution is 2.21. The minimum Gasteiger partial charge on any atom is -0.461 e. The summed E-state index contributed by atoms with van der Waals surface area (Å²) in [5, 5.41) is 0. The van der Waals surface area contributed by atoms with Gasteiger partial charge in [0.15, 0.2) is 0 Å². The van der Waals surface area contributed by atoms with Gasteiger partial charge in [0.25, 0.3) is 0 Å². The molecule has 0 radical (unpaired) electrons. The summed E-state index contributed by atoms with van der Waals surface area (Å²) in [5.74, 6) is -0.152. The summed E-state index contributed by atoms with van der Waals surface area (Å²) in [5.41, 5.74) is 2.66. The number of amides is 1. The number of esters is 1. The van der Waals surface area contributed by atoms with Crippen LogP contribution in [0.5, 0.6) is 0 Å². The van der Waals surface area contributed by atoms with Gasteiger partial charge in [0, 0.05) is 38.2 Å². The number of benzene rings is 1. The fourth-order valence-electron chi connectivity index (χ4n) is 3.01. The zero-order chi connectivity index (χ0) is 17.1. The SMILES string of the molecule is Cc1ccc(C(=O)OC[C@H]2CC(=O)N(Cc3ccccc3)C2)n1C. The standard InChI is InChI=1S/C19H22N2O3/c1-14-8-9-17(20(14)2)19(23)24-13-16-10-18(22)21(12-16)11-15-6-4-3-5-7-15/h3-9,16H,10-13H2,1-2H3/t16-/m0/s1. The maximum atomic E-state index is 12.1. The molecule has 5 heteroatoms. The van der Waals surface area contributed by atoms with E-state index in [1.807, 2.05) is 59.8 Å². The molecule has 5 nitrogen and oxygen atoms in total. The fraction of sp³-hybridized carbons (Fsp3) is 0.368. The summed E-state index contributed by atoms with van der Waals surface area (Å²) in [6, 6.07) is 13.6. The molecule has 1 aliphatic heterocycles. The maximum Gasteiger partial charge on any atom is 0.354 e. The third-order valence-electron chi connectivity index (χ3n) is 4.54. The highest BCUT2D eigenvalue weighted by molar-refractivity contribution is 5.88. The summed E-state index contributed by atoms with van der Waals surface area (Å²) in [7, 11) is 1.84. The number of nitrogens with zero attached hydrogens (tertiary/aromatic N) is 2. The van der Waals surface area contributed by atoms with Crippen LogP contribution in [0.4, 0.5) is 0 Å². The van der Waals surface area contributed by atoms with Gasteiger partial charge in [-0.1, -0.05) is 30.3 Å². The second-order valence-electron chi connectivity index (χ2n) is 6.35. The Morgan fingerprint density at radius 2 is 1.96 bits per heavy atom. The van der Waals surface area contributed by atoms with Crippen LogP contribution in [-0.4, -0.2) is 34.5 Å². The molecule has 0 bridgehead atoms. The van der Waals surface area contributed by atoms with Gasteiger partial charge in [0.2, 0.25) is 5.91 Å². The van der Waals surface area contributed by atoms with Crippen LogP contribution >= 0.6 is 0 Å². The third kappa shape index (κ3) is 3.50. The van der Waals surface area contributed by atoms with Gasteiger partial charge in [-0.15, -0.1) is 0 Å². The van der Waals surface area contributed by atoms with Crippen LogP contribution in [-0.2, 0) is 23.1 Å². The van der Waals surface area contributed by atoms with E-state index in [2.05, 4.69) is 0 Å². The summed E-state index contributed by atoms with van der Waals surface area (Å²) >= 11 is 0. The Hall–Kier alpha value is -2.56. The second kappa shape index (κ2) is 6.91. The normalized spacial score (nSPS) is 17.3. The Kier molecular flexibility index (Phi) is 4.69. The molecule has 0 spiro atoms. The molecular weight excluding hydrogens is 304 g/mol. The van der Waals surface area contributed by atoms with Gasteiger partial charge in [0.05, 0.1) is 6.61 Å². The largest absolute Gasteiger partial charge is 0.461 e. The molecule has 1 aliphatic rings. The van der Waals surface area contributed by atoms with E-state index in [1.54, 1.807) is 6.07 Å². The molecule has 2 heterocycles. The summed E-state index contributed by atoms with van der Waals surface area (Å²) in [4.78, 5) is 26.1. The molecule has 0 aliphatic carbocycles. The molecule has 0 saturated carbocycles. The molecule has 1 saturated heterocycles. The molecule has 1 atom stereocenters. The Bertz CT molecular complexity index is 736. The number of carbonyl (C=O) groups is 2. The lowest BCUT2D eigenvalue weighted by Crippen LogP contribution is -2.25. The quantitative estimate of drug-likeness (QED) is 0.794. The van der Waals surface area contributed by atoms with Crippen LogP contribution in [0.1, 0.15) is 28.2 Å². The van der Waals surface area contributed by atoms with Crippen molar-refractivity contribution >= 4 is 11.9 Å². The fourth-order valence-corrected chi connectivity index (χ4v) is 3.01. The van der Waals surface area contributed by atoms with Gasteiger partial charge >= 0.3 is 5.97 Å². The molecule has 126 valence electrons. The van der Waals surface area contributed by atoms with Crippen molar-refractivity contribution in [2.24, 2.45) is 13.0 Å². The van der Waals surface area contributed by atoms with Crippen LogP contribution in [0.3, 0.4) is 0 Å². The van der Waals surface area contributed by atoms with Crippen molar-refractivity contribution in [3.63, 3.8) is 0 Å². The molecule has 1 aromatic carbocycles. The number of carbonyl (C=O) groups excluding carboxylic acids is 2. The van der Waals surface area contributed by atoms with E-state index >= 15 is 0 Å². The number of ether oxygens (including phenoxy) is 1. The van der Waals surface area contributed by atoms with Gasteiger partial charge in [-0.05, 0) is 24.6 Å². The average Bonchev–Trinajstić information content (AvgIpc) is 3.09. The van der Waals surface area contributed by atoms with E-state index in [1.165, 1.54) is 0 Å². The maximum absolute atomic E-state index is 12.1. The lowest BCUT2D eigenvalue weighted by atomic mass is 10.1. The first-order chi connectivity index (χ1) is 11.5. The number of rotatable bonds is 5. The monoisotopic (exact) mass is 326 g/mol. The molecule has 1 aromatic heterocycles. The number of aromatic nitrogens is 1. The highest BCUT2D eigenvalue weighted by Gasteiger charge is 2.30. The highest BCUT2D eigenvalue weighted by atomic mass is 16.5. The topological polar surface area (TPSA) is 51.5 Å². The molecule has 2 aromatic rings. The first kappa shape index (κ1) is 16.3. The van der Waals surface area contributed by atoms with E-state index < -0.39 is 0 Å². The van der Waals surface area contributed by atoms with Crippen LogP contribution in [0.15, 0.2) is 42.5 Å². The van der Waals surface area contributed by atoms with Crippen molar-refractivity contribution in [2.75, 3.05) is 13.2 Å². The van der Waals surface area contributed by atoms with Crippen molar-refractivity contribution < 1.29 is 14.3 Å². The summed E-state index contributed by atoms with van der Waals surface area (Å²) in [6.07, 6.45) is 0.437. The van der Waals surface area contributed by atoms with E-state index in [-0.39, 0.29) is 24.4 Å². The molecule has 0 N–H and O–H groups in total. The van der Waals surface area contributed by atoms with Crippen LogP contribution in [0.2, 0.25) is 0 Å². The minimum atomic E-state index is -0.334. The number of hydrogen-bond donors (Lipinski definition) is 0. The molecule has 1 fully saturated rings. The van der Waals surface area contributed by atoms with Gasteiger partial charge in [-0.3, -0.25) is 4.79 Å². The summed E-state index contributed by atoms with van der Waals surface area (Å²) < 4.78 is 7.22. The first-order valence-electron chi connectivity index (χ1n) is 8.15. The van der Waals surface area contributed by atoms with Crippen molar-refractivity contribution in [1.82, 2.24) is 9.47 Å². The van der Waals surface area contributed by atoms with Gasteiger partial charge in [0.1, 0.15) is 5.69 Å². The molecule has 24 heavy (non-hydrogen) atoms. The third-order valence-corrected chi connectivity index (χ3v) is 4.54. The lowest BCUT2D eigenvalue weighted by molar-refractivity contribution is -0.128. The van der Waals surface area contributed by atoms with E-state index in [4.69, 9.17) is 4.74 Å². The van der Waals surface area contributed by atoms with Gasteiger partial charge < -0.3 is 14.2 Å². The van der Waals surface area contributed by atoms with Crippen LogP contribution < -0.4 is 0 Å². The van der Waals surface area contributed by atoms with E-state index in [9.17, 15) is 9.59 Å². The molecular formula is C19H22N2O3. The van der Waals surface area contributed by atoms with E-state index in [0.29, 0.717) is 25.2 Å². The van der Waals surface area contributed by atoms with Crippen molar-refractivity contribution in [2.45, 2.75) is 19.9 Å². The van der Waals surface area contributed by atoms with Gasteiger partial charge in [-0.2, -0.15) is 0 Å². The Morgan fingerprint density at radius 3 is 2.62 bits per heavy atom. The van der Waals surface area contributed by atoms with Crippen molar-refractivity contribution in [1.29, 1.82) is 0 Å². The van der Waals surface area contributed by atoms with Crippen molar-refractivity contribution in [3.05, 3.63) is 59.4 Å². The van der Waals surface area contributed by atoms with Crippen molar-refractivity contribution in [3.8, 4) is 0 Å². The van der Waals surface area contributed by atoms with Crippen LogP contribution in [0.25, 0.3) is 0 Å². The van der Waals surface area contributed by atoms with Gasteiger partial charge in [-0.25, -0.2) is 4.79 Å². The number of likely N-dealkylation sites (tertiary alicyclic amines) is 1. The Labute approximate surface area is 141 Å². The predicted octanol–water partition coefficient (Wildman–Crippen LogP) is 2.54. The smallest absolute Gasteiger partial charge is 0.354 e. The van der Waals surface area contributed by atoms with Crippen LogP contribution in [0, 0.1) is 12.8 Å². The Morgan fingerprint density at radius 1 is 1.21 bits per heavy atom. The molecule has 1 amide bonds. The second-order valence-corrected chi connectivity index (χ2v) is 6.35. The minimum absolute atomic E-state index is 0.0616. The molecule has 3 rings (SSSR count). The number of aryl methyl sites for hydroxylation is 1. The predicted molar refractivity (Wildman–Crippen MR) is 90.4 cm³/mol. The molecule has 0 unspecified atom stereocenters. The zero-order valence-corrected chi connectivity index (χ0v) is 14.1. The summed E-state index contributed by atoms with van der Waals surface area (Å²) in [6.45, 7) is 3.46. The van der Waals surface area contributed by atoms with E-state index in [0.717, 1.165) is 11.3 Å². The Balaban J connectivity index is 1.53.